The summed E-state index contributed by atoms with van der Waals surface area (Å²) in [5.74, 6) is 0. The van der Waals surface area contributed by atoms with Crippen LogP contribution in [-0.4, -0.2) is 19.4 Å². The van der Waals surface area contributed by atoms with E-state index in [-0.39, 0.29) is 5.41 Å². The van der Waals surface area contributed by atoms with Crippen molar-refractivity contribution in [2.75, 3.05) is 19.4 Å². The molecule has 0 aromatic carbocycles. The van der Waals surface area contributed by atoms with Gasteiger partial charge in [-0.2, -0.15) is 0 Å². The first kappa shape index (κ1) is 24.4. The van der Waals surface area contributed by atoms with Crippen LogP contribution in [0.25, 0.3) is 0 Å². The number of allylic oxidation sites excluding steroid dienone is 6. The lowest BCUT2D eigenvalue weighted by Crippen LogP contribution is -2.19. The van der Waals surface area contributed by atoms with Crippen LogP contribution in [0.3, 0.4) is 0 Å². The molecule has 0 N–H and O–H groups in total. The number of rotatable bonds is 12. The molecule has 0 spiro atoms. The summed E-state index contributed by atoms with van der Waals surface area (Å²) in [6.45, 7) is 14.2. The Bertz CT molecular complexity index is 570. The molecule has 0 aromatic rings. The molecule has 27 heavy (non-hydrogen) atoms. The Morgan fingerprint density at radius 1 is 1.15 bits per heavy atom. The molecule has 156 valence electrons. The van der Waals surface area contributed by atoms with Gasteiger partial charge in [0.05, 0.1) is 19.4 Å². The zero-order chi connectivity index (χ0) is 20.3. The highest BCUT2D eigenvalue weighted by atomic mass is 31.2. The van der Waals surface area contributed by atoms with Gasteiger partial charge in [-0.1, -0.05) is 69.9 Å². The molecule has 0 radical (unpaired) electrons. The Morgan fingerprint density at radius 3 is 2.26 bits per heavy atom. The Labute approximate surface area is 167 Å². The van der Waals surface area contributed by atoms with Crippen LogP contribution in [0, 0.1) is 5.41 Å². The second-order valence-corrected chi connectivity index (χ2v) is 10.5. The van der Waals surface area contributed by atoms with E-state index in [1.54, 1.807) is 0 Å². The van der Waals surface area contributed by atoms with Crippen LogP contribution >= 0.6 is 7.60 Å². The second-order valence-electron chi connectivity index (χ2n) is 8.38. The molecule has 1 rings (SSSR count). The van der Waals surface area contributed by atoms with E-state index in [2.05, 4.69) is 53.7 Å². The smallest absolute Gasteiger partial charge is 0.308 e. The van der Waals surface area contributed by atoms with E-state index in [0.29, 0.717) is 19.4 Å². The molecule has 0 heterocycles. The van der Waals surface area contributed by atoms with E-state index in [0.717, 1.165) is 31.3 Å². The van der Waals surface area contributed by atoms with Crippen LogP contribution in [-0.2, 0) is 13.6 Å². The standard InChI is InChI=1S/C23H41O3P/c1-7-9-17-25-27(24,26-18-10-8-2)19-15-20(3)13-14-22-21(4)12-11-16-23(22,5)6/h13-15H,7-12,16-19H2,1-6H3. The van der Waals surface area contributed by atoms with Crippen molar-refractivity contribution in [3.05, 3.63) is 34.9 Å². The lowest BCUT2D eigenvalue weighted by atomic mass is 9.72. The van der Waals surface area contributed by atoms with Crippen molar-refractivity contribution in [3.8, 4) is 0 Å². The molecule has 0 fully saturated rings. The predicted octanol–water partition coefficient (Wildman–Crippen LogP) is 7.84. The first-order chi connectivity index (χ1) is 12.7. The number of hydrogen-bond acceptors (Lipinski definition) is 3. The normalized spacial score (nSPS) is 18.5. The first-order valence-corrected chi connectivity index (χ1v) is 12.4. The van der Waals surface area contributed by atoms with E-state index in [9.17, 15) is 4.57 Å². The summed E-state index contributed by atoms with van der Waals surface area (Å²) in [6.07, 6.45) is 14.3. The maximum Gasteiger partial charge on any atom is 0.334 e. The third kappa shape index (κ3) is 8.94. The SMILES string of the molecule is CCCCOP(=O)(CC=C(C)C=CC1=C(C)CCCC1(C)C)OCCCC. The van der Waals surface area contributed by atoms with Crippen LogP contribution in [0.4, 0.5) is 0 Å². The van der Waals surface area contributed by atoms with Crippen molar-refractivity contribution in [2.45, 2.75) is 86.5 Å². The fraction of sp³-hybridized carbons (Fsp3) is 0.739. The lowest BCUT2D eigenvalue weighted by Gasteiger charge is -2.33. The fourth-order valence-corrected chi connectivity index (χ4v) is 5.00. The topological polar surface area (TPSA) is 35.5 Å². The third-order valence-corrected chi connectivity index (χ3v) is 7.05. The Kier molecular flexibility index (Phi) is 10.9. The van der Waals surface area contributed by atoms with E-state index in [4.69, 9.17) is 9.05 Å². The van der Waals surface area contributed by atoms with E-state index in [1.807, 2.05) is 6.08 Å². The Hall–Kier alpha value is -0.630. The molecule has 0 unspecified atom stereocenters. The van der Waals surface area contributed by atoms with Crippen molar-refractivity contribution >= 4 is 7.60 Å². The molecule has 0 atom stereocenters. The Morgan fingerprint density at radius 2 is 1.74 bits per heavy atom. The summed E-state index contributed by atoms with van der Waals surface area (Å²) in [4.78, 5) is 0. The highest BCUT2D eigenvalue weighted by Crippen LogP contribution is 2.49. The maximum atomic E-state index is 13.0. The van der Waals surface area contributed by atoms with Gasteiger partial charge in [0, 0.05) is 0 Å². The fourth-order valence-electron chi connectivity index (χ4n) is 3.39. The average molecular weight is 397 g/mol. The van der Waals surface area contributed by atoms with Crippen molar-refractivity contribution < 1.29 is 13.6 Å². The van der Waals surface area contributed by atoms with Gasteiger partial charge in [-0.15, -0.1) is 0 Å². The van der Waals surface area contributed by atoms with Crippen LogP contribution in [0.5, 0.6) is 0 Å². The van der Waals surface area contributed by atoms with Crippen LogP contribution < -0.4 is 0 Å². The van der Waals surface area contributed by atoms with Gasteiger partial charge in [-0.3, -0.25) is 4.57 Å². The van der Waals surface area contributed by atoms with Gasteiger partial charge in [-0.05, 0) is 56.9 Å². The maximum absolute atomic E-state index is 13.0. The molecular weight excluding hydrogens is 355 g/mol. The molecule has 0 saturated heterocycles. The van der Waals surface area contributed by atoms with Gasteiger partial charge in [0.1, 0.15) is 0 Å². The van der Waals surface area contributed by atoms with Gasteiger partial charge in [0.2, 0.25) is 0 Å². The molecule has 1 aliphatic carbocycles. The molecule has 3 nitrogen and oxygen atoms in total. The molecule has 0 amide bonds. The monoisotopic (exact) mass is 396 g/mol. The molecular formula is C23H41O3P. The Balaban J connectivity index is 2.78. The highest BCUT2D eigenvalue weighted by Gasteiger charge is 2.26. The molecule has 1 aliphatic rings. The second kappa shape index (κ2) is 12.0. The summed E-state index contributed by atoms with van der Waals surface area (Å²) < 4.78 is 24.3. The highest BCUT2D eigenvalue weighted by molar-refractivity contribution is 7.54. The summed E-state index contributed by atoms with van der Waals surface area (Å²) in [5.41, 5.74) is 4.28. The predicted molar refractivity (Wildman–Crippen MR) is 117 cm³/mol. The zero-order valence-electron chi connectivity index (χ0n) is 18.5. The summed E-state index contributed by atoms with van der Waals surface area (Å²) in [7, 11) is -3.05. The minimum absolute atomic E-state index is 0.237. The van der Waals surface area contributed by atoms with Crippen molar-refractivity contribution in [1.29, 1.82) is 0 Å². The first-order valence-electron chi connectivity index (χ1n) is 10.7. The van der Waals surface area contributed by atoms with Gasteiger partial charge < -0.3 is 9.05 Å². The molecule has 0 bridgehead atoms. The zero-order valence-corrected chi connectivity index (χ0v) is 19.4. The molecule has 0 aromatic heterocycles. The largest absolute Gasteiger partial charge is 0.334 e. The number of unbranched alkanes of at least 4 members (excludes halogenated alkanes) is 2. The van der Waals surface area contributed by atoms with Crippen LogP contribution in [0.1, 0.15) is 86.5 Å². The van der Waals surface area contributed by atoms with E-state index < -0.39 is 7.60 Å². The summed E-state index contributed by atoms with van der Waals surface area (Å²) in [5, 5.41) is 0. The van der Waals surface area contributed by atoms with Crippen LogP contribution in [0.15, 0.2) is 34.9 Å². The van der Waals surface area contributed by atoms with Gasteiger partial charge in [-0.25, -0.2) is 0 Å². The van der Waals surface area contributed by atoms with Gasteiger partial charge in [0.25, 0.3) is 0 Å². The average Bonchev–Trinajstić information content (AvgIpc) is 2.60. The molecule has 0 saturated carbocycles. The van der Waals surface area contributed by atoms with E-state index >= 15 is 0 Å². The van der Waals surface area contributed by atoms with Crippen molar-refractivity contribution in [3.63, 3.8) is 0 Å². The number of hydrogen-bond donors (Lipinski definition) is 0. The molecule has 4 heteroatoms. The van der Waals surface area contributed by atoms with Crippen LogP contribution in [0.2, 0.25) is 0 Å². The van der Waals surface area contributed by atoms with Crippen molar-refractivity contribution in [1.82, 2.24) is 0 Å². The summed E-state index contributed by atoms with van der Waals surface area (Å²) in [6, 6.07) is 0. The van der Waals surface area contributed by atoms with Crippen molar-refractivity contribution in [2.24, 2.45) is 5.41 Å². The van der Waals surface area contributed by atoms with Gasteiger partial charge >= 0.3 is 7.60 Å². The third-order valence-electron chi connectivity index (χ3n) is 5.26. The minimum Gasteiger partial charge on any atom is -0.308 e. The van der Waals surface area contributed by atoms with Gasteiger partial charge in [0.15, 0.2) is 0 Å². The van der Waals surface area contributed by atoms with E-state index in [1.165, 1.54) is 30.4 Å². The lowest BCUT2D eigenvalue weighted by molar-refractivity contribution is 0.202. The summed E-state index contributed by atoms with van der Waals surface area (Å²) >= 11 is 0. The quantitative estimate of drug-likeness (QED) is 0.191. The molecule has 0 aliphatic heterocycles. The minimum atomic E-state index is -3.05.